The minimum Gasteiger partial charge on any atom is -0.219 e. The van der Waals surface area contributed by atoms with Crippen LogP contribution in [0.25, 0.3) is 17.0 Å². The minimum absolute atomic E-state index is 0.769. The lowest BCUT2D eigenvalue weighted by Gasteiger charge is -1.98. The second-order valence-corrected chi connectivity index (χ2v) is 5.21. The fraction of sp³-hybridized carbons (Fsp3) is 0.143. The molecule has 0 radical (unpaired) electrons. The summed E-state index contributed by atoms with van der Waals surface area (Å²) < 4.78 is 2.84. The molecule has 3 rings (SSSR count). The highest BCUT2D eigenvalue weighted by Gasteiger charge is 2.09. The van der Waals surface area contributed by atoms with Crippen LogP contribution in [-0.2, 0) is 0 Å². The minimum atomic E-state index is 0.769. The van der Waals surface area contributed by atoms with E-state index in [-0.39, 0.29) is 0 Å². The number of benzene rings is 1. The predicted octanol–water partition coefficient (Wildman–Crippen LogP) is 3.78. The number of fused-ring (bicyclic) bond motifs is 1. The quantitative estimate of drug-likeness (QED) is 0.685. The average molecular weight is 302 g/mol. The smallest absolute Gasteiger partial charge is 0.182 e. The lowest BCUT2D eigenvalue weighted by atomic mass is 10.1. The second kappa shape index (κ2) is 4.21. The monoisotopic (exact) mass is 301 g/mol. The van der Waals surface area contributed by atoms with Crippen LogP contribution in [0.5, 0.6) is 0 Å². The summed E-state index contributed by atoms with van der Waals surface area (Å²) in [6.07, 6.45) is 1.94. The van der Waals surface area contributed by atoms with Crippen molar-refractivity contribution in [1.29, 1.82) is 0 Å². The summed E-state index contributed by atoms with van der Waals surface area (Å²) in [5.74, 6) is 0.769. The van der Waals surface area contributed by atoms with Gasteiger partial charge in [0, 0.05) is 16.2 Å². The third kappa shape index (κ3) is 1.82. The van der Waals surface area contributed by atoms with Crippen LogP contribution in [0.2, 0.25) is 0 Å². The van der Waals surface area contributed by atoms with Crippen molar-refractivity contribution in [2.45, 2.75) is 13.8 Å². The van der Waals surface area contributed by atoms with Gasteiger partial charge in [-0.3, -0.25) is 0 Å². The zero-order chi connectivity index (χ0) is 12.7. The number of halogens is 1. The Kier molecular flexibility index (Phi) is 2.67. The molecule has 90 valence electrons. The van der Waals surface area contributed by atoms with Crippen LogP contribution >= 0.6 is 15.9 Å². The number of aryl methyl sites for hydroxylation is 2. The Balaban J connectivity index is 2.23. The molecule has 0 atom stereocenters. The van der Waals surface area contributed by atoms with Crippen molar-refractivity contribution in [2.24, 2.45) is 0 Å². The van der Waals surface area contributed by atoms with Crippen molar-refractivity contribution in [2.75, 3.05) is 0 Å². The fourth-order valence-corrected chi connectivity index (χ4v) is 2.25. The summed E-state index contributed by atoms with van der Waals surface area (Å²) in [5.41, 5.74) is 4.29. The summed E-state index contributed by atoms with van der Waals surface area (Å²) in [7, 11) is 0. The number of hydrogen-bond acceptors (Lipinski definition) is 2. The molecule has 0 aliphatic rings. The Hall–Kier alpha value is -1.68. The van der Waals surface area contributed by atoms with E-state index >= 15 is 0 Å². The third-order valence-corrected chi connectivity index (χ3v) is 3.83. The van der Waals surface area contributed by atoms with E-state index < -0.39 is 0 Å². The Morgan fingerprint density at radius 3 is 2.67 bits per heavy atom. The van der Waals surface area contributed by atoms with Gasteiger partial charge in [-0.2, -0.15) is 0 Å². The molecule has 0 aliphatic carbocycles. The fourth-order valence-electron chi connectivity index (χ4n) is 1.94. The molecular formula is C14H12BrN3. The lowest BCUT2D eigenvalue weighted by Crippen LogP contribution is -1.89. The van der Waals surface area contributed by atoms with Gasteiger partial charge in [0.05, 0.1) is 0 Å². The summed E-state index contributed by atoms with van der Waals surface area (Å²) in [5, 5.41) is 4.52. The number of rotatable bonds is 1. The molecule has 0 saturated carbocycles. The number of hydrogen-bond donors (Lipinski definition) is 0. The molecule has 18 heavy (non-hydrogen) atoms. The Labute approximate surface area is 114 Å². The maximum Gasteiger partial charge on any atom is 0.182 e. The van der Waals surface area contributed by atoms with E-state index in [1.807, 2.05) is 37.4 Å². The van der Waals surface area contributed by atoms with E-state index in [2.05, 4.69) is 39.0 Å². The Morgan fingerprint density at radius 2 is 1.89 bits per heavy atom. The van der Waals surface area contributed by atoms with Crippen molar-refractivity contribution in [3.05, 3.63) is 52.1 Å². The maximum atomic E-state index is 4.58. The number of nitrogens with zero attached hydrogens (tertiary/aromatic N) is 3. The van der Waals surface area contributed by atoms with Gasteiger partial charge >= 0.3 is 0 Å². The van der Waals surface area contributed by atoms with Crippen LogP contribution in [0.1, 0.15) is 11.1 Å². The van der Waals surface area contributed by atoms with Crippen molar-refractivity contribution < 1.29 is 0 Å². The molecule has 0 N–H and O–H groups in total. The van der Waals surface area contributed by atoms with Gasteiger partial charge in [-0.15, -0.1) is 5.10 Å². The molecule has 0 amide bonds. The van der Waals surface area contributed by atoms with Crippen molar-refractivity contribution in [3.63, 3.8) is 0 Å². The maximum absolute atomic E-state index is 4.58. The molecule has 4 heteroatoms. The first-order valence-electron chi connectivity index (χ1n) is 5.73. The molecule has 1 aromatic carbocycles. The lowest BCUT2D eigenvalue weighted by molar-refractivity contribution is 0.956. The zero-order valence-corrected chi connectivity index (χ0v) is 11.8. The largest absolute Gasteiger partial charge is 0.219 e. The molecule has 0 fully saturated rings. The molecule has 0 saturated heterocycles. The first-order chi connectivity index (χ1) is 8.65. The van der Waals surface area contributed by atoms with Gasteiger partial charge < -0.3 is 0 Å². The van der Waals surface area contributed by atoms with Gasteiger partial charge in [-0.1, -0.05) is 24.3 Å². The van der Waals surface area contributed by atoms with Gasteiger partial charge in [-0.25, -0.2) is 9.50 Å². The van der Waals surface area contributed by atoms with E-state index in [0.717, 1.165) is 27.1 Å². The molecule has 3 aromatic rings. The van der Waals surface area contributed by atoms with Crippen molar-refractivity contribution >= 4 is 21.6 Å². The zero-order valence-electron chi connectivity index (χ0n) is 10.2. The van der Waals surface area contributed by atoms with E-state index in [0.29, 0.717) is 0 Å². The number of aromatic nitrogens is 3. The molecule has 0 bridgehead atoms. The number of pyridine rings is 1. The highest BCUT2D eigenvalue weighted by Crippen LogP contribution is 2.22. The van der Waals surface area contributed by atoms with E-state index in [4.69, 9.17) is 0 Å². The molecule has 0 spiro atoms. The molecule has 0 aliphatic heterocycles. The molecule has 2 aromatic heterocycles. The van der Waals surface area contributed by atoms with Gasteiger partial charge in [0.15, 0.2) is 11.5 Å². The Bertz CT molecular complexity index is 692. The summed E-state index contributed by atoms with van der Waals surface area (Å²) in [4.78, 5) is 4.58. The van der Waals surface area contributed by atoms with Crippen LogP contribution in [0, 0.1) is 13.8 Å². The van der Waals surface area contributed by atoms with Crippen molar-refractivity contribution in [3.8, 4) is 11.4 Å². The molecule has 0 unspecified atom stereocenters. The predicted molar refractivity (Wildman–Crippen MR) is 75.6 cm³/mol. The van der Waals surface area contributed by atoms with E-state index in [1.54, 1.807) is 4.52 Å². The summed E-state index contributed by atoms with van der Waals surface area (Å²) >= 11 is 3.51. The standard InChI is InChI=1S/C14H12BrN3/c1-9-5-3-4-6-11(9)14-16-13-7-10(2)12(15)8-18(13)17-14/h3-8H,1-2H3. The highest BCUT2D eigenvalue weighted by atomic mass is 79.9. The highest BCUT2D eigenvalue weighted by molar-refractivity contribution is 9.10. The summed E-state index contributed by atoms with van der Waals surface area (Å²) in [6.45, 7) is 4.12. The first-order valence-corrected chi connectivity index (χ1v) is 6.53. The van der Waals surface area contributed by atoms with Gasteiger partial charge in [-0.05, 0) is 47.0 Å². The SMILES string of the molecule is Cc1cc2nc(-c3ccccc3C)nn2cc1Br. The van der Waals surface area contributed by atoms with Crippen LogP contribution in [0.4, 0.5) is 0 Å². The first kappa shape index (κ1) is 11.4. The normalized spacial score (nSPS) is 11.1. The van der Waals surface area contributed by atoms with Crippen LogP contribution in [0.15, 0.2) is 41.0 Å². The van der Waals surface area contributed by atoms with E-state index in [1.165, 1.54) is 5.56 Å². The summed E-state index contributed by atoms with van der Waals surface area (Å²) in [6, 6.07) is 10.2. The molecular weight excluding hydrogens is 290 g/mol. The topological polar surface area (TPSA) is 30.2 Å². The van der Waals surface area contributed by atoms with Crippen LogP contribution in [0.3, 0.4) is 0 Å². The van der Waals surface area contributed by atoms with Crippen molar-refractivity contribution in [1.82, 2.24) is 14.6 Å². The average Bonchev–Trinajstić information content (AvgIpc) is 2.73. The van der Waals surface area contributed by atoms with Crippen LogP contribution < -0.4 is 0 Å². The second-order valence-electron chi connectivity index (χ2n) is 4.36. The van der Waals surface area contributed by atoms with Gasteiger partial charge in [0.1, 0.15) is 0 Å². The third-order valence-electron chi connectivity index (χ3n) is 3.00. The molecule has 2 heterocycles. The van der Waals surface area contributed by atoms with E-state index in [9.17, 15) is 0 Å². The molecule has 3 nitrogen and oxygen atoms in total. The van der Waals surface area contributed by atoms with Crippen LogP contribution in [-0.4, -0.2) is 14.6 Å². The van der Waals surface area contributed by atoms with Gasteiger partial charge in [0.2, 0.25) is 0 Å². The Morgan fingerprint density at radius 1 is 1.11 bits per heavy atom. The van der Waals surface area contributed by atoms with Gasteiger partial charge in [0.25, 0.3) is 0 Å².